The van der Waals surface area contributed by atoms with Crippen LogP contribution in [0.4, 0.5) is 5.69 Å². The summed E-state index contributed by atoms with van der Waals surface area (Å²) in [5.74, 6) is -1.64. The van der Waals surface area contributed by atoms with Crippen LogP contribution in [0.1, 0.15) is 15.9 Å². The molecule has 34 heavy (non-hydrogen) atoms. The predicted molar refractivity (Wildman–Crippen MR) is 124 cm³/mol. The van der Waals surface area contributed by atoms with Gasteiger partial charge in [0.15, 0.2) is 6.61 Å². The Morgan fingerprint density at radius 2 is 1.50 bits per heavy atom. The molecule has 4 N–H and O–H groups in total. The fourth-order valence-electron chi connectivity index (χ4n) is 2.81. The van der Waals surface area contributed by atoms with Crippen molar-refractivity contribution in [2.75, 3.05) is 11.9 Å². The zero-order valence-corrected chi connectivity index (χ0v) is 19.3. The number of carbonyl (C=O) groups is 2. The van der Waals surface area contributed by atoms with Crippen LogP contribution in [0.2, 0.25) is 0 Å². The van der Waals surface area contributed by atoms with Crippen LogP contribution >= 0.6 is 0 Å². The number of rotatable bonds is 9. The van der Waals surface area contributed by atoms with Gasteiger partial charge in [-0.15, -0.1) is 0 Å². The maximum Gasteiger partial charge on any atom is 0.338 e. The summed E-state index contributed by atoms with van der Waals surface area (Å²) in [6.45, 7) is -0.605. The van der Waals surface area contributed by atoms with E-state index in [1.165, 1.54) is 36.4 Å². The highest BCUT2D eigenvalue weighted by molar-refractivity contribution is 7.89. The Bertz CT molecular complexity index is 1410. The largest absolute Gasteiger partial charge is 0.452 e. The van der Waals surface area contributed by atoms with Gasteiger partial charge in [0.1, 0.15) is 0 Å². The van der Waals surface area contributed by atoms with Crippen LogP contribution < -0.4 is 15.2 Å². The van der Waals surface area contributed by atoms with Crippen molar-refractivity contribution in [2.45, 2.75) is 16.3 Å². The number of ether oxygens (including phenoxy) is 1. The zero-order valence-electron chi connectivity index (χ0n) is 17.7. The van der Waals surface area contributed by atoms with Crippen molar-refractivity contribution >= 4 is 37.6 Å². The van der Waals surface area contributed by atoms with E-state index in [1.54, 1.807) is 24.3 Å². The van der Waals surface area contributed by atoms with Crippen molar-refractivity contribution in [3.63, 3.8) is 0 Å². The van der Waals surface area contributed by atoms with Crippen LogP contribution in [-0.2, 0) is 36.1 Å². The molecule has 0 fully saturated rings. The van der Waals surface area contributed by atoms with Crippen LogP contribution in [0.15, 0.2) is 88.7 Å². The number of hydrogen-bond donors (Lipinski definition) is 3. The maximum absolute atomic E-state index is 12.6. The zero-order chi connectivity index (χ0) is 24.8. The van der Waals surface area contributed by atoms with Crippen LogP contribution in [-0.4, -0.2) is 35.3 Å². The number of nitrogens with one attached hydrogen (secondary N) is 2. The molecule has 0 spiro atoms. The average Bonchev–Trinajstić information content (AvgIpc) is 2.82. The van der Waals surface area contributed by atoms with E-state index in [0.717, 1.165) is 17.7 Å². The van der Waals surface area contributed by atoms with E-state index in [-0.39, 0.29) is 27.6 Å². The third kappa shape index (κ3) is 6.96. The lowest BCUT2D eigenvalue weighted by Gasteiger charge is -2.10. The molecule has 0 unspecified atom stereocenters. The second-order valence-corrected chi connectivity index (χ2v) is 10.4. The fraction of sp³-hybridized carbons (Fsp3) is 0.0909. The Hall–Kier alpha value is -3.58. The van der Waals surface area contributed by atoms with Gasteiger partial charge in [0.25, 0.3) is 5.91 Å². The second-order valence-electron chi connectivity index (χ2n) is 7.04. The molecule has 10 nitrogen and oxygen atoms in total. The fourth-order valence-corrected chi connectivity index (χ4v) is 4.43. The minimum absolute atomic E-state index is 0.0633. The Balaban J connectivity index is 1.60. The number of benzene rings is 3. The molecule has 0 aliphatic heterocycles. The van der Waals surface area contributed by atoms with E-state index in [0.29, 0.717) is 0 Å². The summed E-state index contributed by atoms with van der Waals surface area (Å²) in [7, 11) is -7.85. The molecule has 0 radical (unpaired) electrons. The van der Waals surface area contributed by atoms with Crippen molar-refractivity contribution in [3.8, 4) is 0 Å². The smallest absolute Gasteiger partial charge is 0.338 e. The number of primary sulfonamides is 1. The van der Waals surface area contributed by atoms with Crippen molar-refractivity contribution in [1.29, 1.82) is 0 Å². The lowest BCUT2D eigenvalue weighted by molar-refractivity contribution is -0.119. The molecule has 0 heterocycles. The van der Waals surface area contributed by atoms with E-state index in [9.17, 15) is 26.4 Å². The Labute approximate surface area is 196 Å². The van der Waals surface area contributed by atoms with E-state index in [2.05, 4.69) is 10.0 Å². The van der Waals surface area contributed by atoms with Gasteiger partial charge in [-0.2, -0.15) is 0 Å². The van der Waals surface area contributed by atoms with E-state index in [4.69, 9.17) is 9.88 Å². The predicted octanol–water partition coefficient (Wildman–Crippen LogP) is 1.61. The molecule has 1 amide bonds. The van der Waals surface area contributed by atoms with E-state index >= 15 is 0 Å². The topological polar surface area (TPSA) is 162 Å². The number of hydrogen-bond acceptors (Lipinski definition) is 7. The first-order valence-electron chi connectivity index (χ1n) is 9.78. The number of amides is 1. The first-order chi connectivity index (χ1) is 16.0. The monoisotopic (exact) mass is 503 g/mol. The number of sulfonamides is 2. The molecule has 0 atom stereocenters. The van der Waals surface area contributed by atoms with Gasteiger partial charge in [-0.25, -0.2) is 31.5 Å². The standard InChI is InChI=1S/C22H21N3O7S2/c23-33(28,29)19-10-5-9-18(13-19)25-21(26)15-32-22(27)17-8-4-11-20(12-17)34(30,31)24-14-16-6-2-1-3-7-16/h1-13,24H,14-15H2,(H,25,26)(H2,23,28,29). The molecule has 3 aromatic rings. The Kier molecular flexibility index (Phi) is 7.79. The molecule has 178 valence electrons. The maximum atomic E-state index is 12.6. The molecular formula is C22H21N3O7S2. The lowest BCUT2D eigenvalue weighted by Crippen LogP contribution is -2.24. The molecule has 3 rings (SSSR count). The molecule has 3 aromatic carbocycles. The second kappa shape index (κ2) is 10.6. The van der Waals surface area contributed by atoms with Crippen molar-refractivity contribution < 1.29 is 31.2 Å². The van der Waals surface area contributed by atoms with Crippen LogP contribution in [0.5, 0.6) is 0 Å². The average molecular weight is 504 g/mol. The van der Waals surface area contributed by atoms with Gasteiger partial charge in [0.05, 0.1) is 15.4 Å². The molecule has 0 bridgehead atoms. The first kappa shape index (κ1) is 25.1. The summed E-state index contributed by atoms with van der Waals surface area (Å²) in [6.07, 6.45) is 0. The highest BCUT2D eigenvalue weighted by atomic mass is 32.2. The quantitative estimate of drug-likeness (QED) is 0.374. The van der Waals surface area contributed by atoms with Crippen LogP contribution in [0.25, 0.3) is 0 Å². The lowest BCUT2D eigenvalue weighted by atomic mass is 10.2. The molecule has 12 heteroatoms. The summed E-state index contributed by atoms with van der Waals surface area (Å²) >= 11 is 0. The molecular weight excluding hydrogens is 482 g/mol. The summed E-state index contributed by atoms with van der Waals surface area (Å²) in [4.78, 5) is 24.1. The molecule has 0 aromatic heterocycles. The summed E-state index contributed by atoms with van der Waals surface area (Å²) < 4.78 is 55.3. The van der Waals surface area contributed by atoms with Gasteiger partial charge in [0.2, 0.25) is 20.0 Å². The van der Waals surface area contributed by atoms with Crippen molar-refractivity contribution in [3.05, 3.63) is 90.0 Å². The minimum atomic E-state index is -3.95. The molecule has 0 saturated heterocycles. The third-order valence-corrected chi connectivity index (χ3v) is 6.78. The van der Waals surface area contributed by atoms with Gasteiger partial charge in [-0.1, -0.05) is 42.5 Å². The van der Waals surface area contributed by atoms with Crippen LogP contribution in [0.3, 0.4) is 0 Å². The van der Waals surface area contributed by atoms with Gasteiger partial charge >= 0.3 is 5.97 Å². The van der Waals surface area contributed by atoms with E-state index < -0.39 is 38.5 Å². The summed E-state index contributed by atoms with van der Waals surface area (Å²) in [6, 6.07) is 19.4. The third-order valence-electron chi connectivity index (χ3n) is 4.47. The highest BCUT2D eigenvalue weighted by Crippen LogP contribution is 2.15. The summed E-state index contributed by atoms with van der Waals surface area (Å²) in [5, 5.41) is 7.44. The van der Waals surface area contributed by atoms with Crippen LogP contribution in [0, 0.1) is 0 Å². The highest BCUT2D eigenvalue weighted by Gasteiger charge is 2.18. The van der Waals surface area contributed by atoms with Gasteiger partial charge in [-0.05, 0) is 42.0 Å². The number of anilines is 1. The van der Waals surface area contributed by atoms with E-state index in [1.807, 2.05) is 6.07 Å². The number of nitrogens with two attached hydrogens (primary N) is 1. The van der Waals surface area contributed by atoms with Gasteiger partial charge in [0, 0.05) is 12.2 Å². The summed E-state index contributed by atoms with van der Waals surface area (Å²) in [5.41, 5.74) is 0.846. The van der Waals surface area contributed by atoms with Gasteiger partial charge in [-0.3, -0.25) is 4.79 Å². The minimum Gasteiger partial charge on any atom is -0.452 e. The Morgan fingerprint density at radius 3 is 2.21 bits per heavy atom. The first-order valence-corrected chi connectivity index (χ1v) is 12.8. The van der Waals surface area contributed by atoms with Crippen molar-refractivity contribution in [1.82, 2.24) is 4.72 Å². The molecule has 0 aliphatic carbocycles. The number of carbonyl (C=O) groups excluding carboxylic acids is 2. The SMILES string of the molecule is NS(=O)(=O)c1cccc(NC(=O)COC(=O)c2cccc(S(=O)(=O)NCc3ccccc3)c2)c1. The number of esters is 1. The van der Waals surface area contributed by atoms with Gasteiger partial charge < -0.3 is 10.1 Å². The molecule has 0 aliphatic rings. The molecule has 0 saturated carbocycles. The van der Waals surface area contributed by atoms with Crippen molar-refractivity contribution in [2.24, 2.45) is 5.14 Å². The normalized spacial score (nSPS) is 11.6. The Morgan fingerprint density at radius 1 is 0.824 bits per heavy atom.